The van der Waals surface area contributed by atoms with E-state index in [4.69, 9.17) is 9.84 Å². The van der Waals surface area contributed by atoms with Crippen LogP contribution in [0.3, 0.4) is 0 Å². The highest BCUT2D eigenvalue weighted by Gasteiger charge is 2.20. The van der Waals surface area contributed by atoms with Gasteiger partial charge in [0.2, 0.25) is 0 Å². The maximum absolute atomic E-state index is 11.8. The highest BCUT2D eigenvalue weighted by Crippen LogP contribution is 2.08. The second-order valence-corrected chi connectivity index (χ2v) is 4.33. The van der Waals surface area contributed by atoms with Crippen LogP contribution < -0.4 is 5.32 Å². The van der Waals surface area contributed by atoms with E-state index in [9.17, 15) is 9.59 Å². The third-order valence-electron chi connectivity index (χ3n) is 2.20. The number of ether oxygens (including phenoxy) is 1. The van der Waals surface area contributed by atoms with Gasteiger partial charge < -0.3 is 15.2 Å². The number of nitrogens with zero attached hydrogens (tertiary/aromatic N) is 1. The number of aliphatic carboxylic acids is 1. The summed E-state index contributed by atoms with van der Waals surface area (Å²) in [6, 6.07) is 2.06. The summed E-state index contributed by atoms with van der Waals surface area (Å²) in [6.07, 6.45) is 1.67. The number of carboxylic acids is 1. The minimum atomic E-state index is -1.09. The number of halogens is 1. The fraction of sp³-hybridized carbons (Fsp3) is 0.364. The molecule has 1 unspecified atom stereocenters. The van der Waals surface area contributed by atoms with Gasteiger partial charge in [0.05, 0.1) is 0 Å². The van der Waals surface area contributed by atoms with Gasteiger partial charge in [-0.1, -0.05) is 0 Å². The van der Waals surface area contributed by atoms with E-state index >= 15 is 0 Å². The Labute approximate surface area is 112 Å². The van der Waals surface area contributed by atoms with E-state index in [1.54, 1.807) is 0 Å². The molecule has 0 aliphatic heterocycles. The molecule has 1 heterocycles. The summed E-state index contributed by atoms with van der Waals surface area (Å²) in [5.74, 6) is -1.55. The van der Waals surface area contributed by atoms with E-state index in [0.29, 0.717) is 10.2 Å². The van der Waals surface area contributed by atoms with Crippen LogP contribution in [0.5, 0.6) is 0 Å². The Bertz CT molecular complexity index is 439. The maximum Gasteiger partial charge on any atom is 0.326 e. The zero-order chi connectivity index (χ0) is 13.5. The lowest BCUT2D eigenvalue weighted by Gasteiger charge is -2.13. The van der Waals surface area contributed by atoms with Crippen LogP contribution in [0.2, 0.25) is 0 Å². The molecule has 0 aliphatic carbocycles. The summed E-state index contributed by atoms with van der Waals surface area (Å²) in [4.78, 5) is 26.6. The predicted octanol–water partition coefficient (Wildman–Crippen LogP) is 1.06. The van der Waals surface area contributed by atoms with Crippen molar-refractivity contribution in [3.63, 3.8) is 0 Å². The molecular formula is C11H13BrN2O4. The summed E-state index contributed by atoms with van der Waals surface area (Å²) in [7, 11) is 1.47. The molecule has 1 rings (SSSR count). The van der Waals surface area contributed by atoms with Crippen LogP contribution in [0.4, 0.5) is 0 Å². The molecule has 1 amide bonds. The van der Waals surface area contributed by atoms with Crippen molar-refractivity contribution in [1.82, 2.24) is 10.3 Å². The van der Waals surface area contributed by atoms with E-state index in [0.717, 1.165) is 0 Å². The molecule has 2 N–H and O–H groups in total. The SMILES string of the molecule is COCCC(NC(=O)c1ccnc(Br)c1)C(=O)O. The van der Waals surface area contributed by atoms with Crippen molar-refractivity contribution < 1.29 is 19.4 Å². The number of nitrogens with one attached hydrogen (secondary N) is 1. The fourth-order valence-electron chi connectivity index (χ4n) is 1.28. The van der Waals surface area contributed by atoms with E-state index in [-0.39, 0.29) is 13.0 Å². The maximum atomic E-state index is 11.8. The van der Waals surface area contributed by atoms with Crippen molar-refractivity contribution in [3.05, 3.63) is 28.5 Å². The number of amides is 1. The highest BCUT2D eigenvalue weighted by atomic mass is 79.9. The molecule has 1 atom stereocenters. The number of hydrogen-bond donors (Lipinski definition) is 2. The lowest BCUT2D eigenvalue weighted by Crippen LogP contribution is -2.41. The Morgan fingerprint density at radius 3 is 2.89 bits per heavy atom. The summed E-state index contributed by atoms with van der Waals surface area (Å²) in [5, 5.41) is 11.4. The van der Waals surface area contributed by atoms with Gasteiger partial charge in [0.25, 0.3) is 5.91 Å². The first-order valence-electron chi connectivity index (χ1n) is 5.18. The normalized spacial score (nSPS) is 11.9. The molecule has 0 aromatic carbocycles. The van der Waals surface area contributed by atoms with Gasteiger partial charge in [0.1, 0.15) is 10.6 Å². The lowest BCUT2D eigenvalue weighted by molar-refractivity contribution is -0.139. The summed E-state index contributed by atoms with van der Waals surface area (Å²) >= 11 is 3.14. The minimum absolute atomic E-state index is 0.212. The van der Waals surface area contributed by atoms with Crippen LogP contribution in [0.25, 0.3) is 0 Å². The number of pyridine rings is 1. The first-order chi connectivity index (χ1) is 8.54. The highest BCUT2D eigenvalue weighted by molar-refractivity contribution is 9.10. The van der Waals surface area contributed by atoms with Crippen molar-refractivity contribution in [3.8, 4) is 0 Å². The molecule has 0 saturated heterocycles. The number of carbonyl (C=O) groups excluding carboxylic acids is 1. The summed E-state index contributed by atoms with van der Waals surface area (Å²) in [5.41, 5.74) is 0.348. The fourth-order valence-corrected chi connectivity index (χ4v) is 1.64. The smallest absolute Gasteiger partial charge is 0.326 e. The van der Waals surface area contributed by atoms with Gasteiger partial charge in [0.15, 0.2) is 0 Å². The molecule has 0 spiro atoms. The van der Waals surface area contributed by atoms with Crippen molar-refractivity contribution in [2.45, 2.75) is 12.5 Å². The Balaban J connectivity index is 2.69. The third kappa shape index (κ3) is 4.42. The molecule has 0 bridgehead atoms. The Hall–Kier alpha value is -1.47. The van der Waals surface area contributed by atoms with Gasteiger partial charge in [-0.2, -0.15) is 0 Å². The number of carbonyl (C=O) groups is 2. The number of hydrogen-bond acceptors (Lipinski definition) is 4. The minimum Gasteiger partial charge on any atom is -0.480 e. The second kappa shape index (κ2) is 7.07. The molecule has 7 heteroatoms. The van der Waals surface area contributed by atoms with E-state index in [2.05, 4.69) is 26.2 Å². The summed E-state index contributed by atoms with van der Waals surface area (Å²) in [6.45, 7) is 0.261. The van der Waals surface area contributed by atoms with Crippen molar-refractivity contribution >= 4 is 27.8 Å². The Morgan fingerprint density at radius 1 is 1.61 bits per heavy atom. The average Bonchev–Trinajstić information content (AvgIpc) is 2.33. The zero-order valence-electron chi connectivity index (χ0n) is 9.72. The predicted molar refractivity (Wildman–Crippen MR) is 67.3 cm³/mol. The standard InChI is InChI=1S/C11H13BrN2O4/c1-18-5-3-8(11(16)17)14-10(15)7-2-4-13-9(12)6-7/h2,4,6,8H,3,5H2,1H3,(H,14,15)(H,16,17). The molecule has 0 aliphatic rings. The molecule has 0 fully saturated rings. The summed E-state index contributed by atoms with van der Waals surface area (Å²) < 4.78 is 5.31. The van der Waals surface area contributed by atoms with Crippen molar-refractivity contribution in [1.29, 1.82) is 0 Å². The quantitative estimate of drug-likeness (QED) is 0.766. The second-order valence-electron chi connectivity index (χ2n) is 3.51. The van der Waals surface area contributed by atoms with Crippen molar-refractivity contribution in [2.24, 2.45) is 0 Å². The van der Waals surface area contributed by atoms with Crippen LogP contribution >= 0.6 is 15.9 Å². The van der Waals surface area contributed by atoms with Crippen LogP contribution in [-0.4, -0.2) is 41.7 Å². The van der Waals surface area contributed by atoms with Gasteiger partial charge in [0, 0.05) is 31.9 Å². The van der Waals surface area contributed by atoms with Gasteiger partial charge in [-0.25, -0.2) is 9.78 Å². The number of methoxy groups -OCH3 is 1. The largest absolute Gasteiger partial charge is 0.480 e. The van der Waals surface area contributed by atoms with Crippen LogP contribution in [0.15, 0.2) is 22.9 Å². The van der Waals surface area contributed by atoms with Crippen LogP contribution in [-0.2, 0) is 9.53 Å². The molecule has 0 radical (unpaired) electrons. The van der Waals surface area contributed by atoms with Crippen LogP contribution in [0.1, 0.15) is 16.8 Å². The van der Waals surface area contributed by atoms with Crippen LogP contribution in [0, 0.1) is 0 Å². The third-order valence-corrected chi connectivity index (χ3v) is 2.64. The average molecular weight is 317 g/mol. The molecule has 18 heavy (non-hydrogen) atoms. The molecule has 1 aromatic heterocycles. The van der Waals surface area contributed by atoms with Crippen molar-refractivity contribution in [2.75, 3.05) is 13.7 Å². The Kier molecular flexibility index (Phi) is 5.73. The molecule has 98 valence electrons. The molecule has 6 nitrogen and oxygen atoms in total. The molecule has 1 aromatic rings. The van der Waals surface area contributed by atoms with E-state index in [1.165, 1.54) is 25.4 Å². The first kappa shape index (κ1) is 14.6. The van der Waals surface area contributed by atoms with Gasteiger partial charge in [-0.15, -0.1) is 0 Å². The van der Waals surface area contributed by atoms with E-state index in [1.807, 2.05) is 0 Å². The monoisotopic (exact) mass is 316 g/mol. The Morgan fingerprint density at radius 2 is 2.33 bits per heavy atom. The topological polar surface area (TPSA) is 88.5 Å². The van der Waals surface area contributed by atoms with Gasteiger partial charge in [-0.3, -0.25) is 4.79 Å². The van der Waals surface area contributed by atoms with E-state index < -0.39 is 17.9 Å². The number of rotatable bonds is 6. The molecular weight excluding hydrogens is 304 g/mol. The number of carboxylic acid groups (broad SMARTS) is 1. The first-order valence-corrected chi connectivity index (χ1v) is 5.98. The zero-order valence-corrected chi connectivity index (χ0v) is 11.3. The van der Waals surface area contributed by atoms with Gasteiger partial charge in [-0.05, 0) is 28.1 Å². The van der Waals surface area contributed by atoms with Gasteiger partial charge >= 0.3 is 5.97 Å². The molecule has 0 saturated carbocycles. The lowest BCUT2D eigenvalue weighted by atomic mass is 10.2. The number of aromatic nitrogens is 1.